The van der Waals surface area contributed by atoms with Crippen LogP contribution >= 0.6 is 11.3 Å². The minimum Gasteiger partial charge on any atom is -0.482 e. The van der Waals surface area contributed by atoms with Gasteiger partial charge in [-0.2, -0.15) is 0 Å². The Balaban J connectivity index is 1.30. The summed E-state index contributed by atoms with van der Waals surface area (Å²) in [6.07, 6.45) is 2.05. The second-order valence-electron chi connectivity index (χ2n) is 6.80. The van der Waals surface area contributed by atoms with Crippen LogP contribution in [0.15, 0.2) is 35.7 Å². The molecule has 0 bridgehead atoms. The van der Waals surface area contributed by atoms with Crippen molar-refractivity contribution in [2.45, 2.75) is 25.4 Å². The summed E-state index contributed by atoms with van der Waals surface area (Å²) in [7, 11) is 0. The lowest BCUT2D eigenvalue weighted by Gasteiger charge is -2.32. The maximum absolute atomic E-state index is 12.4. The van der Waals surface area contributed by atoms with E-state index in [4.69, 9.17) is 4.74 Å². The minimum absolute atomic E-state index is 0.00913. The van der Waals surface area contributed by atoms with E-state index in [-0.39, 0.29) is 24.6 Å². The average Bonchev–Trinajstić information content (AvgIpc) is 3.15. The zero-order valence-electron chi connectivity index (χ0n) is 14.9. The lowest BCUT2D eigenvalue weighted by molar-refractivity contribution is -0.118. The third-order valence-corrected chi connectivity index (χ3v) is 5.53. The van der Waals surface area contributed by atoms with Gasteiger partial charge in [0, 0.05) is 35.8 Å². The predicted octanol–water partition coefficient (Wildman–Crippen LogP) is 2.87. The predicted molar refractivity (Wildman–Crippen MR) is 105 cm³/mol. The van der Waals surface area contributed by atoms with Crippen molar-refractivity contribution in [3.8, 4) is 5.75 Å². The number of hydrogen-bond acceptors (Lipinski definition) is 5. The average molecular weight is 386 g/mol. The number of piperidine rings is 1. The summed E-state index contributed by atoms with van der Waals surface area (Å²) in [5.41, 5.74) is 1.25. The van der Waals surface area contributed by atoms with E-state index >= 15 is 0 Å². The number of carbonyl (C=O) groups excluding carboxylic acids is 2. The van der Waals surface area contributed by atoms with Crippen LogP contribution in [0.4, 0.5) is 16.2 Å². The van der Waals surface area contributed by atoms with Crippen molar-refractivity contribution in [1.29, 1.82) is 0 Å². The zero-order valence-corrected chi connectivity index (χ0v) is 15.7. The molecule has 3 amide bonds. The van der Waals surface area contributed by atoms with E-state index in [1.165, 1.54) is 4.88 Å². The molecule has 3 heterocycles. The molecule has 0 spiro atoms. The smallest absolute Gasteiger partial charge is 0.319 e. The van der Waals surface area contributed by atoms with Crippen LogP contribution in [-0.4, -0.2) is 42.6 Å². The molecular weight excluding hydrogens is 364 g/mol. The van der Waals surface area contributed by atoms with E-state index in [0.717, 1.165) is 32.5 Å². The molecule has 0 radical (unpaired) electrons. The summed E-state index contributed by atoms with van der Waals surface area (Å²) in [4.78, 5) is 27.4. The third kappa shape index (κ3) is 4.58. The molecule has 4 rings (SSSR count). The molecule has 1 saturated heterocycles. The Hall–Kier alpha value is -2.58. The van der Waals surface area contributed by atoms with Crippen molar-refractivity contribution in [1.82, 2.24) is 10.2 Å². The van der Waals surface area contributed by atoms with Crippen LogP contribution < -0.4 is 20.7 Å². The fourth-order valence-electron chi connectivity index (χ4n) is 3.44. The van der Waals surface area contributed by atoms with E-state index < -0.39 is 0 Å². The molecule has 1 fully saturated rings. The van der Waals surface area contributed by atoms with Gasteiger partial charge >= 0.3 is 6.03 Å². The van der Waals surface area contributed by atoms with Crippen molar-refractivity contribution in [2.24, 2.45) is 0 Å². The van der Waals surface area contributed by atoms with Gasteiger partial charge in [0.05, 0.1) is 5.69 Å². The first-order valence-electron chi connectivity index (χ1n) is 9.05. The molecule has 2 aromatic rings. The van der Waals surface area contributed by atoms with Crippen molar-refractivity contribution in [3.05, 3.63) is 40.6 Å². The van der Waals surface area contributed by atoms with Crippen LogP contribution in [-0.2, 0) is 11.3 Å². The fraction of sp³-hybridized carbons (Fsp3) is 0.368. The number of anilines is 2. The Morgan fingerprint density at radius 2 is 2.30 bits per heavy atom. The van der Waals surface area contributed by atoms with Crippen molar-refractivity contribution < 1.29 is 14.3 Å². The molecule has 8 heteroatoms. The van der Waals surface area contributed by atoms with Gasteiger partial charge in [0.2, 0.25) is 0 Å². The first-order chi connectivity index (χ1) is 13.2. The summed E-state index contributed by atoms with van der Waals surface area (Å²) in [6, 6.07) is 9.32. The number of thiophene rings is 1. The first kappa shape index (κ1) is 17.8. The number of hydrogen-bond donors (Lipinski definition) is 3. The topological polar surface area (TPSA) is 82.7 Å². The molecule has 142 valence electrons. The molecule has 3 N–H and O–H groups in total. The maximum Gasteiger partial charge on any atom is 0.319 e. The van der Waals surface area contributed by atoms with Gasteiger partial charge in [-0.05, 0) is 43.0 Å². The Kier molecular flexibility index (Phi) is 5.26. The lowest BCUT2D eigenvalue weighted by Crippen LogP contribution is -2.48. The molecule has 1 aromatic carbocycles. The second-order valence-corrected chi connectivity index (χ2v) is 7.83. The van der Waals surface area contributed by atoms with Gasteiger partial charge in [-0.3, -0.25) is 9.69 Å². The number of carbonyl (C=O) groups is 2. The van der Waals surface area contributed by atoms with Crippen LogP contribution in [0.3, 0.4) is 0 Å². The number of ether oxygens (including phenoxy) is 1. The molecule has 7 nitrogen and oxygen atoms in total. The van der Waals surface area contributed by atoms with Gasteiger partial charge in [-0.25, -0.2) is 4.79 Å². The number of urea groups is 1. The van der Waals surface area contributed by atoms with Crippen molar-refractivity contribution in [3.63, 3.8) is 0 Å². The number of fused-ring (bicyclic) bond motifs is 1. The summed E-state index contributed by atoms with van der Waals surface area (Å²) < 4.78 is 5.38. The van der Waals surface area contributed by atoms with Crippen molar-refractivity contribution >= 4 is 34.6 Å². The molecule has 1 unspecified atom stereocenters. The van der Waals surface area contributed by atoms with Gasteiger partial charge in [-0.1, -0.05) is 6.07 Å². The molecule has 1 aromatic heterocycles. The largest absolute Gasteiger partial charge is 0.482 e. The number of rotatable bonds is 4. The van der Waals surface area contributed by atoms with Gasteiger partial charge in [-0.15, -0.1) is 11.3 Å². The molecule has 0 saturated carbocycles. The van der Waals surface area contributed by atoms with E-state index in [9.17, 15) is 9.59 Å². The van der Waals surface area contributed by atoms with E-state index in [1.807, 2.05) is 0 Å². The van der Waals surface area contributed by atoms with Gasteiger partial charge in [0.25, 0.3) is 5.91 Å². The quantitative estimate of drug-likeness (QED) is 0.755. The summed E-state index contributed by atoms with van der Waals surface area (Å²) in [5, 5.41) is 10.7. The highest BCUT2D eigenvalue weighted by Gasteiger charge is 2.22. The van der Waals surface area contributed by atoms with Gasteiger partial charge < -0.3 is 20.7 Å². The molecular formula is C19H22N4O3S. The monoisotopic (exact) mass is 386 g/mol. The Morgan fingerprint density at radius 3 is 3.15 bits per heavy atom. The van der Waals surface area contributed by atoms with Gasteiger partial charge in [0.15, 0.2) is 6.61 Å². The molecule has 2 aliphatic heterocycles. The van der Waals surface area contributed by atoms with Crippen LogP contribution in [0.2, 0.25) is 0 Å². The Bertz CT molecular complexity index is 824. The third-order valence-electron chi connectivity index (χ3n) is 4.67. The number of amides is 3. The molecule has 27 heavy (non-hydrogen) atoms. The van der Waals surface area contributed by atoms with Crippen LogP contribution in [0, 0.1) is 0 Å². The maximum atomic E-state index is 12.4. The van der Waals surface area contributed by atoms with E-state index in [2.05, 4.69) is 38.4 Å². The van der Waals surface area contributed by atoms with E-state index in [0.29, 0.717) is 17.1 Å². The van der Waals surface area contributed by atoms with Crippen LogP contribution in [0.5, 0.6) is 5.75 Å². The molecule has 0 aliphatic carbocycles. The molecule has 1 atom stereocenters. The highest BCUT2D eigenvalue weighted by atomic mass is 32.1. The summed E-state index contributed by atoms with van der Waals surface area (Å²) in [6.45, 7) is 2.84. The van der Waals surface area contributed by atoms with Crippen LogP contribution in [0.25, 0.3) is 0 Å². The van der Waals surface area contributed by atoms with Crippen LogP contribution in [0.1, 0.15) is 17.7 Å². The number of nitrogens with one attached hydrogen (secondary N) is 3. The number of benzene rings is 1. The fourth-order valence-corrected chi connectivity index (χ4v) is 4.19. The SMILES string of the molecule is O=C1COc2cc(NC(=O)NC3CCCN(Cc4cccs4)C3)ccc2N1. The standard InChI is InChI=1S/C19H22N4O3S/c24-18-12-26-17-9-13(5-6-16(17)22-18)20-19(25)21-14-3-1-7-23(10-14)11-15-4-2-8-27-15/h2,4-6,8-9,14H,1,3,7,10-12H2,(H,22,24)(H2,20,21,25). The summed E-state index contributed by atoms with van der Waals surface area (Å²) >= 11 is 1.77. The Morgan fingerprint density at radius 1 is 1.37 bits per heavy atom. The number of nitrogens with zero attached hydrogens (tertiary/aromatic N) is 1. The summed E-state index contributed by atoms with van der Waals surface area (Å²) in [5.74, 6) is 0.387. The normalized spacial score (nSPS) is 19.6. The minimum atomic E-state index is -0.224. The molecule has 2 aliphatic rings. The Labute approximate surface area is 161 Å². The van der Waals surface area contributed by atoms with Gasteiger partial charge in [0.1, 0.15) is 5.75 Å². The highest BCUT2D eigenvalue weighted by Crippen LogP contribution is 2.30. The second kappa shape index (κ2) is 7.98. The number of likely N-dealkylation sites (tertiary alicyclic amines) is 1. The zero-order chi connectivity index (χ0) is 18.6. The highest BCUT2D eigenvalue weighted by molar-refractivity contribution is 7.09. The first-order valence-corrected chi connectivity index (χ1v) is 9.92. The lowest BCUT2D eigenvalue weighted by atomic mass is 10.1. The van der Waals surface area contributed by atoms with E-state index in [1.54, 1.807) is 29.5 Å². The van der Waals surface area contributed by atoms with Crippen molar-refractivity contribution in [2.75, 3.05) is 30.3 Å².